The maximum absolute atomic E-state index is 5.72. The SMILES string of the molecule is CC1(COC2=CC=CCC2)COC1. The summed E-state index contributed by atoms with van der Waals surface area (Å²) in [7, 11) is 0. The standard InChI is InChI=1S/C11H16O2/c1-11(7-12-8-11)9-13-10-5-3-2-4-6-10/h2-3,5H,4,6-9H2,1H3. The largest absolute Gasteiger partial charge is 0.497 e. The summed E-state index contributed by atoms with van der Waals surface area (Å²) in [6.45, 7) is 4.69. The highest BCUT2D eigenvalue weighted by Crippen LogP contribution is 2.28. The predicted octanol–water partition coefficient (Wildman–Crippen LogP) is 2.27. The van der Waals surface area contributed by atoms with E-state index in [-0.39, 0.29) is 5.41 Å². The maximum atomic E-state index is 5.72. The lowest BCUT2D eigenvalue weighted by Gasteiger charge is -2.37. The molecule has 1 heterocycles. The van der Waals surface area contributed by atoms with Crippen molar-refractivity contribution in [3.05, 3.63) is 24.0 Å². The molecule has 2 rings (SSSR count). The van der Waals surface area contributed by atoms with Crippen LogP contribution in [0.5, 0.6) is 0 Å². The van der Waals surface area contributed by atoms with E-state index in [0.717, 1.165) is 38.4 Å². The lowest BCUT2D eigenvalue weighted by atomic mass is 9.90. The minimum Gasteiger partial charge on any atom is -0.497 e. The highest BCUT2D eigenvalue weighted by Gasteiger charge is 2.34. The second-order valence-electron chi connectivity index (χ2n) is 4.19. The molecule has 1 saturated heterocycles. The fraction of sp³-hybridized carbons (Fsp3) is 0.636. The van der Waals surface area contributed by atoms with Gasteiger partial charge >= 0.3 is 0 Å². The van der Waals surface area contributed by atoms with Crippen LogP contribution in [0.2, 0.25) is 0 Å². The Labute approximate surface area is 79.2 Å². The summed E-state index contributed by atoms with van der Waals surface area (Å²) in [6, 6.07) is 0. The molecule has 2 heteroatoms. The molecule has 0 radical (unpaired) electrons. The zero-order valence-electron chi connectivity index (χ0n) is 8.08. The van der Waals surface area contributed by atoms with Gasteiger partial charge in [-0.3, -0.25) is 0 Å². The zero-order valence-corrected chi connectivity index (χ0v) is 8.08. The topological polar surface area (TPSA) is 18.5 Å². The molecule has 2 aliphatic rings. The summed E-state index contributed by atoms with van der Waals surface area (Å²) in [5.74, 6) is 1.12. The number of hydrogen-bond donors (Lipinski definition) is 0. The normalized spacial score (nSPS) is 24.8. The van der Waals surface area contributed by atoms with Crippen molar-refractivity contribution in [2.75, 3.05) is 19.8 Å². The van der Waals surface area contributed by atoms with Gasteiger partial charge in [-0.1, -0.05) is 19.1 Å². The van der Waals surface area contributed by atoms with Crippen LogP contribution in [0.25, 0.3) is 0 Å². The Morgan fingerprint density at radius 2 is 2.38 bits per heavy atom. The monoisotopic (exact) mass is 180 g/mol. The third kappa shape index (κ3) is 2.13. The Morgan fingerprint density at radius 1 is 1.54 bits per heavy atom. The van der Waals surface area contributed by atoms with Crippen molar-refractivity contribution in [3.63, 3.8) is 0 Å². The third-order valence-corrected chi connectivity index (χ3v) is 2.48. The van der Waals surface area contributed by atoms with Crippen molar-refractivity contribution in [1.82, 2.24) is 0 Å². The van der Waals surface area contributed by atoms with Gasteiger partial charge in [-0.15, -0.1) is 0 Å². The summed E-state index contributed by atoms with van der Waals surface area (Å²) in [6.07, 6.45) is 8.46. The fourth-order valence-electron chi connectivity index (χ4n) is 1.50. The van der Waals surface area contributed by atoms with Crippen molar-refractivity contribution in [3.8, 4) is 0 Å². The molecular formula is C11H16O2. The molecule has 0 aromatic heterocycles. The van der Waals surface area contributed by atoms with E-state index in [4.69, 9.17) is 9.47 Å². The van der Waals surface area contributed by atoms with Crippen LogP contribution in [0, 0.1) is 5.41 Å². The Morgan fingerprint density at radius 3 is 2.92 bits per heavy atom. The van der Waals surface area contributed by atoms with Crippen LogP contribution in [0.15, 0.2) is 24.0 Å². The van der Waals surface area contributed by atoms with Gasteiger partial charge in [-0.25, -0.2) is 0 Å². The zero-order chi connectivity index (χ0) is 9.15. The summed E-state index contributed by atoms with van der Waals surface area (Å²) in [5.41, 5.74) is 0.266. The minimum absolute atomic E-state index is 0.266. The molecular weight excluding hydrogens is 164 g/mol. The fourth-order valence-corrected chi connectivity index (χ4v) is 1.50. The van der Waals surface area contributed by atoms with Crippen LogP contribution in [0.4, 0.5) is 0 Å². The van der Waals surface area contributed by atoms with Gasteiger partial charge in [0.2, 0.25) is 0 Å². The average molecular weight is 180 g/mol. The van der Waals surface area contributed by atoms with Crippen LogP contribution in [0.1, 0.15) is 19.8 Å². The van der Waals surface area contributed by atoms with E-state index in [9.17, 15) is 0 Å². The van der Waals surface area contributed by atoms with Crippen LogP contribution < -0.4 is 0 Å². The molecule has 13 heavy (non-hydrogen) atoms. The molecule has 0 bridgehead atoms. The first kappa shape index (κ1) is 8.82. The first-order valence-corrected chi connectivity index (χ1v) is 4.85. The molecule has 0 unspecified atom stereocenters. The molecule has 0 atom stereocenters. The van der Waals surface area contributed by atoms with Crippen LogP contribution >= 0.6 is 0 Å². The van der Waals surface area contributed by atoms with Crippen molar-refractivity contribution >= 4 is 0 Å². The molecule has 72 valence electrons. The number of allylic oxidation sites excluding steroid dienone is 4. The number of rotatable bonds is 3. The van der Waals surface area contributed by atoms with E-state index >= 15 is 0 Å². The molecule has 0 saturated carbocycles. The van der Waals surface area contributed by atoms with E-state index in [1.807, 2.05) is 0 Å². The van der Waals surface area contributed by atoms with Crippen molar-refractivity contribution in [2.45, 2.75) is 19.8 Å². The summed E-state index contributed by atoms with van der Waals surface area (Å²) in [4.78, 5) is 0. The molecule has 0 spiro atoms. The lowest BCUT2D eigenvalue weighted by molar-refractivity contribution is -0.130. The van der Waals surface area contributed by atoms with Gasteiger partial charge < -0.3 is 9.47 Å². The molecule has 1 aliphatic heterocycles. The van der Waals surface area contributed by atoms with Crippen LogP contribution in [-0.4, -0.2) is 19.8 Å². The highest BCUT2D eigenvalue weighted by molar-refractivity contribution is 5.13. The van der Waals surface area contributed by atoms with Gasteiger partial charge in [0, 0.05) is 11.8 Å². The van der Waals surface area contributed by atoms with Gasteiger partial charge in [-0.2, -0.15) is 0 Å². The van der Waals surface area contributed by atoms with E-state index < -0.39 is 0 Å². The van der Waals surface area contributed by atoms with E-state index in [1.165, 1.54) is 0 Å². The maximum Gasteiger partial charge on any atom is 0.0975 e. The van der Waals surface area contributed by atoms with E-state index in [0.29, 0.717) is 0 Å². The lowest BCUT2D eigenvalue weighted by Crippen LogP contribution is -2.43. The average Bonchev–Trinajstić information content (AvgIpc) is 2.13. The van der Waals surface area contributed by atoms with Crippen molar-refractivity contribution in [2.24, 2.45) is 5.41 Å². The van der Waals surface area contributed by atoms with Crippen LogP contribution in [-0.2, 0) is 9.47 Å². The molecule has 1 fully saturated rings. The van der Waals surface area contributed by atoms with Crippen molar-refractivity contribution < 1.29 is 9.47 Å². The van der Waals surface area contributed by atoms with E-state index in [1.54, 1.807) is 0 Å². The molecule has 2 nitrogen and oxygen atoms in total. The summed E-state index contributed by atoms with van der Waals surface area (Å²) >= 11 is 0. The number of hydrogen-bond acceptors (Lipinski definition) is 2. The molecule has 0 N–H and O–H groups in total. The summed E-state index contributed by atoms with van der Waals surface area (Å²) in [5, 5.41) is 0. The quantitative estimate of drug-likeness (QED) is 0.663. The number of ether oxygens (including phenoxy) is 2. The Bertz CT molecular complexity index is 236. The first-order chi connectivity index (χ1) is 6.29. The molecule has 0 aromatic carbocycles. The Hall–Kier alpha value is -0.760. The van der Waals surface area contributed by atoms with Gasteiger partial charge in [-0.05, 0) is 12.5 Å². The minimum atomic E-state index is 0.266. The van der Waals surface area contributed by atoms with Gasteiger partial charge in [0.25, 0.3) is 0 Å². The smallest absolute Gasteiger partial charge is 0.0975 e. The Balaban J connectivity index is 1.78. The summed E-state index contributed by atoms with van der Waals surface area (Å²) < 4.78 is 10.9. The van der Waals surface area contributed by atoms with Gasteiger partial charge in [0.15, 0.2) is 0 Å². The Kier molecular flexibility index (Phi) is 2.40. The van der Waals surface area contributed by atoms with Crippen LogP contribution in [0.3, 0.4) is 0 Å². The van der Waals surface area contributed by atoms with Gasteiger partial charge in [0.05, 0.1) is 25.6 Å². The molecule has 1 aliphatic carbocycles. The third-order valence-electron chi connectivity index (χ3n) is 2.48. The second kappa shape index (κ2) is 3.54. The molecule has 0 amide bonds. The van der Waals surface area contributed by atoms with E-state index in [2.05, 4.69) is 25.2 Å². The van der Waals surface area contributed by atoms with Crippen molar-refractivity contribution in [1.29, 1.82) is 0 Å². The first-order valence-electron chi connectivity index (χ1n) is 4.85. The van der Waals surface area contributed by atoms with Gasteiger partial charge in [0.1, 0.15) is 0 Å². The predicted molar refractivity (Wildman–Crippen MR) is 51.3 cm³/mol. The molecule has 0 aromatic rings. The highest BCUT2D eigenvalue weighted by atomic mass is 16.5. The second-order valence-corrected chi connectivity index (χ2v) is 4.19.